The highest BCUT2D eigenvalue weighted by Crippen LogP contribution is 2.32. The van der Waals surface area contributed by atoms with Gasteiger partial charge in [-0.3, -0.25) is 4.79 Å². The summed E-state index contributed by atoms with van der Waals surface area (Å²) in [6.45, 7) is 3.82. The lowest BCUT2D eigenvalue weighted by Crippen LogP contribution is -2.50. The molecule has 0 bridgehead atoms. The molecule has 0 spiro atoms. The first kappa shape index (κ1) is 21.6. The Labute approximate surface area is 179 Å². The Bertz CT molecular complexity index is 883. The van der Waals surface area contributed by atoms with Crippen LogP contribution >= 0.6 is 0 Å². The number of sulfonamides is 1. The first-order valence-corrected chi connectivity index (χ1v) is 13.1. The van der Waals surface area contributed by atoms with Crippen molar-refractivity contribution in [1.82, 2.24) is 14.1 Å². The Morgan fingerprint density at radius 3 is 2.33 bits per heavy atom. The Balaban J connectivity index is 1.56. The monoisotopic (exact) mass is 438 g/mol. The lowest BCUT2D eigenvalue weighted by molar-refractivity contribution is 0.116. The Morgan fingerprint density at radius 1 is 1.03 bits per heavy atom. The molecule has 1 aromatic rings. The summed E-state index contributed by atoms with van der Waals surface area (Å²) in [6.07, 6.45) is 11.0. The number of hydrogen-bond acceptors (Lipinski definition) is 6. The average molecular weight is 439 g/mol. The van der Waals surface area contributed by atoms with E-state index in [9.17, 15) is 13.2 Å². The third-order valence-corrected chi connectivity index (χ3v) is 8.71. The van der Waals surface area contributed by atoms with E-state index in [1.165, 1.54) is 6.42 Å². The summed E-state index contributed by atoms with van der Waals surface area (Å²) < 4.78 is 34.1. The van der Waals surface area contributed by atoms with Crippen LogP contribution in [0.1, 0.15) is 70.8 Å². The molecule has 2 saturated carbocycles. The lowest BCUT2D eigenvalue weighted by Gasteiger charge is -2.37. The number of hydrogen-bond donors (Lipinski definition) is 0. The second-order valence-corrected chi connectivity index (χ2v) is 10.9. The van der Waals surface area contributed by atoms with Gasteiger partial charge in [0.25, 0.3) is 0 Å². The minimum atomic E-state index is -3.20. The predicted octanol–water partition coefficient (Wildman–Crippen LogP) is 2.54. The van der Waals surface area contributed by atoms with E-state index in [1.54, 1.807) is 15.2 Å². The maximum Gasteiger partial charge on any atom is 0.311 e. The van der Waals surface area contributed by atoms with Gasteiger partial charge in [0.1, 0.15) is 5.69 Å². The molecule has 2 aliphatic carbocycles. The Hall–Kier alpha value is -1.61. The van der Waals surface area contributed by atoms with Crippen LogP contribution in [0, 0.1) is 0 Å². The van der Waals surface area contributed by atoms with Crippen molar-refractivity contribution in [2.45, 2.75) is 76.9 Å². The molecule has 0 atom stereocenters. The zero-order chi connectivity index (χ0) is 21.1. The van der Waals surface area contributed by atoms with Gasteiger partial charge in [-0.15, -0.1) is 0 Å². The molecular weight excluding hydrogens is 404 g/mol. The average Bonchev–Trinajstić information content (AvgIpc) is 2.72. The largest absolute Gasteiger partial charge is 0.483 e. The summed E-state index contributed by atoms with van der Waals surface area (Å²) in [5.74, 6) is 0.590. The first-order chi connectivity index (χ1) is 14.5. The number of rotatable bonds is 7. The zero-order valence-electron chi connectivity index (χ0n) is 18.0. The van der Waals surface area contributed by atoms with E-state index >= 15 is 0 Å². The molecule has 0 amide bonds. The van der Waals surface area contributed by atoms with Crippen molar-refractivity contribution in [1.29, 1.82) is 0 Å². The van der Waals surface area contributed by atoms with Gasteiger partial charge in [-0.2, -0.15) is 9.40 Å². The van der Waals surface area contributed by atoms with E-state index in [1.807, 2.05) is 6.92 Å². The minimum absolute atomic E-state index is 0.102. The second-order valence-electron chi connectivity index (χ2n) is 8.77. The molecule has 1 saturated heterocycles. The van der Waals surface area contributed by atoms with Crippen molar-refractivity contribution < 1.29 is 13.2 Å². The summed E-state index contributed by atoms with van der Waals surface area (Å²) in [7, 11) is -3.20. The Kier molecular flexibility index (Phi) is 6.67. The van der Waals surface area contributed by atoms with Crippen molar-refractivity contribution in [2.75, 3.05) is 36.8 Å². The normalized spacial score (nSPS) is 22.1. The van der Waals surface area contributed by atoms with Gasteiger partial charge in [0.15, 0.2) is 0 Å². The summed E-state index contributed by atoms with van der Waals surface area (Å²) in [5.41, 5.74) is 0.582. The van der Waals surface area contributed by atoms with E-state index in [0.717, 1.165) is 44.9 Å². The summed E-state index contributed by atoms with van der Waals surface area (Å²) in [5, 5.41) is 4.54. The van der Waals surface area contributed by atoms with Gasteiger partial charge in [-0.1, -0.05) is 26.2 Å². The van der Waals surface area contributed by atoms with Crippen molar-refractivity contribution in [3.8, 4) is 5.75 Å². The quantitative estimate of drug-likeness (QED) is 0.650. The third-order valence-electron chi connectivity index (χ3n) is 6.63. The molecule has 168 valence electrons. The molecular formula is C21H34N4O4S. The highest BCUT2D eigenvalue weighted by molar-refractivity contribution is 7.89. The highest BCUT2D eigenvalue weighted by Gasteiger charge is 2.31. The molecule has 8 nitrogen and oxygen atoms in total. The van der Waals surface area contributed by atoms with Gasteiger partial charge < -0.3 is 9.64 Å². The molecule has 30 heavy (non-hydrogen) atoms. The topological polar surface area (TPSA) is 84.7 Å². The fourth-order valence-corrected chi connectivity index (χ4v) is 6.11. The van der Waals surface area contributed by atoms with E-state index in [0.29, 0.717) is 44.0 Å². The molecule has 0 radical (unpaired) electrons. The van der Waals surface area contributed by atoms with E-state index in [4.69, 9.17) is 4.74 Å². The second kappa shape index (κ2) is 9.26. The molecule has 3 aliphatic rings. The fraction of sp³-hybridized carbons (Fsp3) is 0.810. The number of ether oxygens (including phenoxy) is 1. The molecule has 3 fully saturated rings. The van der Waals surface area contributed by atoms with Crippen molar-refractivity contribution >= 4 is 15.7 Å². The van der Waals surface area contributed by atoms with E-state index in [2.05, 4.69) is 10.00 Å². The molecule has 4 rings (SSSR count). The first-order valence-electron chi connectivity index (χ1n) is 11.5. The zero-order valence-corrected chi connectivity index (χ0v) is 18.8. The smallest absolute Gasteiger partial charge is 0.311 e. The number of piperazine rings is 1. The minimum Gasteiger partial charge on any atom is -0.483 e. The molecule has 0 aromatic carbocycles. The van der Waals surface area contributed by atoms with Crippen LogP contribution < -0.4 is 15.2 Å². The van der Waals surface area contributed by atoms with Crippen LogP contribution in [0.15, 0.2) is 11.0 Å². The van der Waals surface area contributed by atoms with Crippen LogP contribution in [0.25, 0.3) is 0 Å². The van der Waals surface area contributed by atoms with Crippen LogP contribution in [0.3, 0.4) is 0 Å². The summed E-state index contributed by atoms with van der Waals surface area (Å²) in [4.78, 5) is 15.4. The van der Waals surface area contributed by atoms with Gasteiger partial charge in [-0.05, 0) is 38.5 Å². The van der Waals surface area contributed by atoms with Crippen LogP contribution in [-0.2, 0) is 10.0 Å². The SMILES string of the molecule is CCCS(=O)(=O)N1CCN(c2cnn(C3CCCCC3)c(=O)c2OC2CCC2)CC1. The number of aromatic nitrogens is 2. The maximum atomic E-state index is 13.4. The summed E-state index contributed by atoms with van der Waals surface area (Å²) in [6, 6.07) is 0.153. The van der Waals surface area contributed by atoms with Crippen molar-refractivity contribution in [2.24, 2.45) is 0 Å². The van der Waals surface area contributed by atoms with Gasteiger partial charge in [-0.25, -0.2) is 13.1 Å². The van der Waals surface area contributed by atoms with Gasteiger partial charge in [0.2, 0.25) is 15.8 Å². The van der Waals surface area contributed by atoms with Crippen molar-refractivity contribution in [3.63, 3.8) is 0 Å². The maximum absolute atomic E-state index is 13.4. The van der Waals surface area contributed by atoms with Crippen LogP contribution in [-0.4, -0.2) is 60.5 Å². The highest BCUT2D eigenvalue weighted by atomic mass is 32.2. The van der Waals surface area contributed by atoms with Gasteiger partial charge in [0, 0.05) is 26.2 Å². The van der Waals surface area contributed by atoms with Crippen LogP contribution in [0.4, 0.5) is 5.69 Å². The fourth-order valence-electron chi connectivity index (χ4n) is 4.61. The van der Waals surface area contributed by atoms with Gasteiger partial charge >= 0.3 is 5.56 Å². The van der Waals surface area contributed by atoms with Crippen molar-refractivity contribution in [3.05, 3.63) is 16.6 Å². The van der Waals surface area contributed by atoms with Gasteiger partial charge in [0.05, 0.1) is 24.1 Å². The molecule has 1 aliphatic heterocycles. The van der Waals surface area contributed by atoms with E-state index in [-0.39, 0.29) is 23.5 Å². The number of anilines is 1. The molecule has 0 N–H and O–H groups in total. The lowest BCUT2D eigenvalue weighted by atomic mass is 9.95. The van der Waals surface area contributed by atoms with E-state index < -0.39 is 10.0 Å². The van der Waals surface area contributed by atoms with Crippen LogP contribution in [0.2, 0.25) is 0 Å². The molecule has 9 heteroatoms. The molecule has 0 unspecified atom stereocenters. The third kappa shape index (κ3) is 4.51. The van der Waals surface area contributed by atoms with Crippen LogP contribution in [0.5, 0.6) is 5.75 Å². The Morgan fingerprint density at radius 2 is 1.73 bits per heavy atom. The predicted molar refractivity (Wildman–Crippen MR) is 117 cm³/mol. The number of nitrogens with zero attached hydrogens (tertiary/aromatic N) is 4. The summed E-state index contributed by atoms with van der Waals surface area (Å²) >= 11 is 0. The standard InChI is InChI=1S/C21H34N4O4S/c1-2-15-30(27,28)24-13-11-23(12-14-24)19-16-22-25(17-7-4-3-5-8-17)21(26)20(19)29-18-9-6-10-18/h16-18H,2-15H2,1H3. The molecule has 1 aromatic heterocycles. The molecule has 2 heterocycles.